The topological polar surface area (TPSA) is 60.7 Å². The molecule has 0 heterocycles. The lowest BCUT2D eigenvalue weighted by Crippen LogP contribution is -2.27. The largest absolute Gasteiger partial charge is 0.508 e. The molecule has 3 nitrogen and oxygen atoms in total. The molecule has 0 aliphatic rings. The zero-order chi connectivity index (χ0) is 13.7. The molecular formula is C16H18O3. The van der Waals surface area contributed by atoms with Gasteiger partial charge in [0.15, 0.2) is 0 Å². The third-order valence-electron chi connectivity index (χ3n) is 3.29. The van der Waals surface area contributed by atoms with E-state index in [0.717, 1.165) is 5.56 Å². The van der Waals surface area contributed by atoms with E-state index < -0.39 is 5.60 Å². The molecule has 1 unspecified atom stereocenters. The quantitative estimate of drug-likeness (QED) is 0.771. The van der Waals surface area contributed by atoms with E-state index in [1.807, 2.05) is 30.3 Å². The number of phenols is 1. The minimum Gasteiger partial charge on any atom is -0.508 e. The summed E-state index contributed by atoms with van der Waals surface area (Å²) in [5.41, 5.74) is 0.358. The Morgan fingerprint density at radius 2 is 1.42 bits per heavy atom. The van der Waals surface area contributed by atoms with Crippen LogP contribution < -0.4 is 0 Å². The van der Waals surface area contributed by atoms with Crippen molar-refractivity contribution in [2.75, 3.05) is 6.61 Å². The average molecular weight is 258 g/mol. The molecule has 0 saturated carbocycles. The van der Waals surface area contributed by atoms with Crippen molar-refractivity contribution >= 4 is 0 Å². The summed E-state index contributed by atoms with van der Waals surface area (Å²) in [7, 11) is 0. The van der Waals surface area contributed by atoms with E-state index >= 15 is 0 Å². The minimum atomic E-state index is -1.14. The molecule has 3 heteroatoms. The van der Waals surface area contributed by atoms with Crippen molar-refractivity contribution in [2.24, 2.45) is 0 Å². The van der Waals surface area contributed by atoms with E-state index in [4.69, 9.17) is 5.11 Å². The molecule has 0 amide bonds. The van der Waals surface area contributed by atoms with Crippen LogP contribution in [0.1, 0.15) is 24.0 Å². The lowest BCUT2D eigenvalue weighted by atomic mass is 9.82. The highest BCUT2D eigenvalue weighted by atomic mass is 16.3. The van der Waals surface area contributed by atoms with Gasteiger partial charge in [-0.2, -0.15) is 0 Å². The second-order valence-electron chi connectivity index (χ2n) is 4.60. The fourth-order valence-corrected chi connectivity index (χ4v) is 2.24. The van der Waals surface area contributed by atoms with E-state index in [2.05, 4.69) is 0 Å². The maximum Gasteiger partial charge on any atom is 0.115 e. The molecule has 0 aromatic heterocycles. The van der Waals surface area contributed by atoms with E-state index in [1.54, 1.807) is 24.3 Å². The number of hydrogen-bond donors (Lipinski definition) is 3. The maximum absolute atomic E-state index is 11.0. The molecule has 0 fully saturated rings. The summed E-state index contributed by atoms with van der Waals surface area (Å²) in [6.07, 6.45) is 0.935. The van der Waals surface area contributed by atoms with Gasteiger partial charge in [0, 0.05) is 6.61 Å². The molecule has 2 aromatic carbocycles. The molecule has 2 rings (SSSR count). The van der Waals surface area contributed by atoms with Gasteiger partial charge in [0.25, 0.3) is 0 Å². The Kier molecular flexibility index (Phi) is 4.20. The van der Waals surface area contributed by atoms with Crippen LogP contribution in [-0.4, -0.2) is 21.9 Å². The summed E-state index contributed by atoms with van der Waals surface area (Å²) in [5.74, 6) is 0.168. The van der Waals surface area contributed by atoms with Crippen molar-refractivity contribution in [1.29, 1.82) is 0 Å². The molecule has 1 atom stereocenters. The molecular weight excluding hydrogens is 240 g/mol. The molecule has 0 spiro atoms. The highest BCUT2D eigenvalue weighted by Gasteiger charge is 2.30. The molecule has 0 saturated heterocycles. The number of aliphatic hydroxyl groups is 2. The molecule has 0 aliphatic carbocycles. The Morgan fingerprint density at radius 3 is 2.00 bits per heavy atom. The van der Waals surface area contributed by atoms with Crippen LogP contribution in [0.5, 0.6) is 5.75 Å². The highest BCUT2D eigenvalue weighted by molar-refractivity contribution is 5.38. The molecule has 19 heavy (non-hydrogen) atoms. The summed E-state index contributed by atoms with van der Waals surface area (Å²) in [6.45, 7) is 0.0349. The van der Waals surface area contributed by atoms with Gasteiger partial charge in [-0.3, -0.25) is 0 Å². The predicted octanol–water partition coefficient (Wildman–Crippen LogP) is 2.40. The Morgan fingerprint density at radius 1 is 0.842 bits per heavy atom. The maximum atomic E-state index is 11.0. The van der Waals surface area contributed by atoms with Gasteiger partial charge in [-0.15, -0.1) is 0 Å². The molecule has 0 radical (unpaired) electrons. The zero-order valence-electron chi connectivity index (χ0n) is 10.7. The number of hydrogen-bond acceptors (Lipinski definition) is 3. The van der Waals surface area contributed by atoms with Gasteiger partial charge in [0.1, 0.15) is 11.4 Å². The van der Waals surface area contributed by atoms with Gasteiger partial charge in [0.2, 0.25) is 0 Å². The molecule has 3 N–H and O–H groups in total. The van der Waals surface area contributed by atoms with Gasteiger partial charge in [0.05, 0.1) is 0 Å². The lowest BCUT2D eigenvalue weighted by Gasteiger charge is -2.29. The van der Waals surface area contributed by atoms with Crippen LogP contribution >= 0.6 is 0 Å². The fourth-order valence-electron chi connectivity index (χ4n) is 2.24. The predicted molar refractivity (Wildman–Crippen MR) is 73.9 cm³/mol. The van der Waals surface area contributed by atoms with E-state index in [0.29, 0.717) is 18.4 Å². The first kappa shape index (κ1) is 13.6. The van der Waals surface area contributed by atoms with Crippen LogP contribution in [0.2, 0.25) is 0 Å². The van der Waals surface area contributed by atoms with Crippen molar-refractivity contribution in [3.63, 3.8) is 0 Å². The summed E-state index contributed by atoms with van der Waals surface area (Å²) in [4.78, 5) is 0. The van der Waals surface area contributed by atoms with Crippen LogP contribution in [0.4, 0.5) is 0 Å². The molecule has 0 bridgehead atoms. The third kappa shape index (κ3) is 2.95. The monoisotopic (exact) mass is 258 g/mol. The Labute approximate surface area is 112 Å². The van der Waals surface area contributed by atoms with Crippen molar-refractivity contribution in [1.82, 2.24) is 0 Å². The summed E-state index contributed by atoms with van der Waals surface area (Å²) >= 11 is 0. The Bertz CT molecular complexity index is 507. The van der Waals surface area contributed by atoms with Gasteiger partial charge in [-0.05, 0) is 36.1 Å². The Hall–Kier alpha value is -1.84. The first-order chi connectivity index (χ1) is 9.16. The first-order valence-corrected chi connectivity index (χ1v) is 6.35. The standard InChI is InChI=1S/C16H18O3/c17-12-4-11-16(19,13-5-2-1-3-6-13)14-7-9-15(18)10-8-14/h1-3,5-10,17-19H,4,11-12H2. The second-order valence-corrected chi connectivity index (χ2v) is 4.60. The summed E-state index contributed by atoms with van der Waals surface area (Å²) < 4.78 is 0. The van der Waals surface area contributed by atoms with Gasteiger partial charge < -0.3 is 15.3 Å². The van der Waals surface area contributed by atoms with E-state index in [1.165, 1.54) is 0 Å². The normalized spacial score (nSPS) is 14.0. The first-order valence-electron chi connectivity index (χ1n) is 6.35. The van der Waals surface area contributed by atoms with Crippen LogP contribution in [0.15, 0.2) is 54.6 Å². The molecule has 0 aliphatic heterocycles. The van der Waals surface area contributed by atoms with Crippen molar-refractivity contribution in [2.45, 2.75) is 18.4 Å². The van der Waals surface area contributed by atoms with Gasteiger partial charge in [-0.1, -0.05) is 42.5 Å². The summed E-state index contributed by atoms with van der Waals surface area (Å²) in [5, 5.41) is 29.3. The van der Waals surface area contributed by atoms with Crippen LogP contribution in [0.3, 0.4) is 0 Å². The van der Waals surface area contributed by atoms with Crippen LogP contribution in [0, 0.1) is 0 Å². The lowest BCUT2D eigenvalue weighted by molar-refractivity contribution is 0.0625. The Balaban J connectivity index is 2.42. The number of phenolic OH excluding ortho intramolecular Hbond substituents is 1. The number of aliphatic hydroxyl groups excluding tert-OH is 1. The number of aromatic hydroxyl groups is 1. The SMILES string of the molecule is OCCCC(O)(c1ccccc1)c1ccc(O)cc1. The number of rotatable bonds is 5. The highest BCUT2D eigenvalue weighted by Crippen LogP contribution is 2.34. The third-order valence-corrected chi connectivity index (χ3v) is 3.29. The van der Waals surface area contributed by atoms with Crippen LogP contribution in [0.25, 0.3) is 0 Å². The van der Waals surface area contributed by atoms with E-state index in [9.17, 15) is 10.2 Å². The van der Waals surface area contributed by atoms with Gasteiger partial charge in [-0.25, -0.2) is 0 Å². The van der Waals surface area contributed by atoms with Crippen molar-refractivity contribution < 1.29 is 15.3 Å². The minimum absolute atomic E-state index is 0.0349. The molecule has 100 valence electrons. The summed E-state index contributed by atoms with van der Waals surface area (Å²) in [6, 6.07) is 15.9. The van der Waals surface area contributed by atoms with Gasteiger partial charge >= 0.3 is 0 Å². The van der Waals surface area contributed by atoms with Crippen molar-refractivity contribution in [3.05, 3.63) is 65.7 Å². The smallest absolute Gasteiger partial charge is 0.115 e. The van der Waals surface area contributed by atoms with Crippen LogP contribution in [-0.2, 0) is 5.60 Å². The second kappa shape index (κ2) is 5.87. The fraction of sp³-hybridized carbons (Fsp3) is 0.250. The number of benzene rings is 2. The van der Waals surface area contributed by atoms with E-state index in [-0.39, 0.29) is 12.4 Å². The van der Waals surface area contributed by atoms with Crippen molar-refractivity contribution in [3.8, 4) is 5.75 Å². The molecule has 2 aromatic rings. The zero-order valence-corrected chi connectivity index (χ0v) is 10.7. The average Bonchev–Trinajstić information content (AvgIpc) is 2.46.